The van der Waals surface area contributed by atoms with Crippen LogP contribution in [0.3, 0.4) is 0 Å². The third-order valence-corrected chi connectivity index (χ3v) is 3.43. The summed E-state index contributed by atoms with van der Waals surface area (Å²) in [5.41, 5.74) is 0.154. The van der Waals surface area contributed by atoms with Crippen molar-refractivity contribution in [2.45, 2.75) is 24.9 Å². The monoisotopic (exact) mass is 263 g/mol. The molecular weight excluding hydrogens is 251 g/mol. The molecule has 1 saturated heterocycles. The van der Waals surface area contributed by atoms with Gasteiger partial charge < -0.3 is 5.32 Å². The lowest BCUT2D eigenvalue weighted by molar-refractivity contribution is -0.137. The molecular formula is C12H13ClF3N. The highest BCUT2D eigenvalue weighted by Crippen LogP contribution is 2.36. The molecule has 0 amide bonds. The van der Waals surface area contributed by atoms with Gasteiger partial charge in [-0.1, -0.05) is 17.7 Å². The summed E-state index contributed by atoms with van der Waals surface area (Å²) in [6.45, 7) is 1.78. The Labute approximate surface area is 103 Å². The van der Waals surface area contributed by atoms with Gasteiger partial charge in [0.05, 0.1) is 5.56 Å². The van der Waals surface area contributed by atoms with Crippen molar-refractivity contribution in [1.29, 1.82) is 0 Å². The first kappa shape index (κ1) is 12.7. The topological polar surface area (TPSA) is 12.0 Å². The van der Waals surface area contributed by atoms with E-state index in [-0.39, 0.29) is 10.9 Å². The van der Waals surface area contributed by atoms with Gasteiger partial charge in [-0.25, -0.2) is 0 Å². The third kappa shape index (κ3) is 2.93. The molecule has 1 aliphatic rings. The van der Waals surface area contributed by atoms with Crippen LogP contribution in [-0.2, 0) is 6.18 Å². The molecule has 0 spiro atoms. The summed E-state index contributed by atoms with van der Waals surface area (Å²) >= 11 is 5.95. The summed E-state index contributed by atoms with van der Waals surface area (Å²) in [5, 5.41) is 3.44. The summed E-state index contributed by atoms with van der Waals surface area (Å²) in [6.07, 6.45) is -2.48. The Hall–Kier alpha value is -0.740. The highest BCUT2D eigenvalue weighted by atomic mass is 35.5. The molecule has 0 saturated carbocycles. The molecule has 1 fully saturated rings. The lowest BCUT2D eigenvalue weighted by Gasteiger charge is -2.24. The minimum absolute atomic E-state index is 0.228. The zero-order valence-corrected chi connectivity index (χ0v) is 9.91. The number of piperidine rings is 1. The van der Waals surface area contributed by atoms with Crippen molar-refractivity contribution in [2.75, 3.05) is 13.1 Å². The van der Waals surface area contributed by atoms with E-state index in [0.717, 1.165) is 43.6 Å². The highest BCUT2D eigenvalue weighted by molar-refractivity contribution is 6.31. The number of benzene rings is 1. The fourth-order valence-electron chi connectivity index (χ4n) is 2.17. The van der Waals surface area contributed by atoms with E-state index >= 15 is 0 Å². The van der Waals surface area contributed by atoms with E-state index in [1.807, 2.05) is 0 Å². The third-order valence-electron chi connectivity index (χ3n) is 3.11. The number of rotatable bonds is 1. The van der Waals surface area contributed by atoms with Crippen LogP contribution in [0.5, 0.6) is 0 Å². The van der Waals surface area contributed by atoms with Crippen LogP contribution in [0.4, 0.5) is 13.2 Å². The van der Waals surface area contributed by atoms with Gasteiger partial charge in [-0.05, 0) is 49.5 Å². The molecule has 1 nitrogen and oxygen atoms in total. The molecule has 0 bridgehead atoms. The summed E-state index contributed by atoms with van der Waals surface area (Å²) in [5.74, 6) is 0.269. The van der Waals surface area contributed by atoms with E-state index in [4.69, 9.17) is 11.6 Å². The fourth-order valence-corrected chi connectivity index (χ4v) is 2.50. The number of hydrogen-bond donors (Lipinski definition) is 1. The Morgan fingerprint density at radius 3 is 2.35 bits per heavy atom. The zero-order chi connectivity index (χ0) is 12.5. The molecule has 0 radical (unpaired) electrons. The molecule has 0 atom stereocenters. The summed E-state index contributed by atoms with van der Waals surface area (Å²) in [6, 6.07) is 3.66. The fraction of sp³-hybridized carbons (Fsp3) is 0.500. The smallest absolute Gasteiger partial charge is 0.317 e. The quantitative estimate of drug-likeness (QED) is 0.812. The molecule has 94 valence electrons. The molecule has 0 aromatic heterocycles. The van der Waals surface area contributed by atoms with Crippen molar-refractivity contribution in [3.8, 4) is 0 Å². The Morgan fingerprint density at radius 2 is 1.82 bits per heavy atom. The van der Waals surface area contributed by atoms with Gasteiger partial charge in [0, 0.05) is 5.02 Å². The lowest BCUT2D eigenvalue weighted by Crippen LogP contribution is -2.26. The van der Waals surface area contributed by atoms with Gasteiger partial charge in [0.1, 0.15) is 0 Å². The summed E-state index contributed by atoms with van der Waals surface area (Å²) < 4.78 is 37.4. The molecule has 2 rings (SSSR count). The van der Waals surface area contributed by atoms with Gasteiger partial charge in [0.25, 0.3) is 0 Å². The standard InChI is InChI=1S/C12H13ClF3N/c13-11-7-9(12(14,15)16)1-2-10(11)8-3-5-17-6-4-8/h1-2,7-8,17H,3-6H2. The van der Waals surface area contributed by atoms with Gasteiger partial charge in [0.2, 0.25) is 0 Å². The first-order valence-electron chi connectivity index (χ1n) is 5.56. The molecule has 1 N–H and O–H groups in total. The van der Waals surface area contributed by atoms with Crippen LogP contribution < -0.4 is 5.32 Å². The first-order chi connectivity index (χ1) is 7.98. The largest absolute Gasteiger partial charge is 0.416 e. The zero-order valence-electron chi connectivity index (χ0n) is 9.15. The maximum atomic E-state index is 12.5. The van der Waals surface area contributed by atoms with Crippen LogP contribution >= 0.6 is 11.6 Å². The Kier molecular flexibility index (Phi) is 3.64. The van der Waals surface area contributed by atoms with Crippen LogP contribution in [0.1, 0.15) is 29.9 Å². The predicted octanol–water partition coefficient (Wildman–Crippen LogP) is 3.83. The molecule has 0 unspecified atom stereocenters. The van der Waals surface area contributed by atoms with E-state index < -0.39 is 11.7 Å². The van der Waals surface area contributed by atoms with Crippen molar-refractivity contribution in [1.82, 2.24) is 5.32 Å². The van der Waals surface area contributed by atoms with E-state index in [1.165, 1.54) is 6.07 Å². The molecule has 1 aromatic rings. The Morgan fingerprint density at radius 1 is 1.18 bits per heavy atom. The van der Waals surface area contributed by atoms with Gasteiger partial charge >= 0.3 is 6.18 Å². The maximum Gasteiger partial charge on any atom is 0.416 e. The van der Waals surface area contributed by atoms with Crippen molar-refractivity contribution in [2.24, 2.45) is 0 Å². The lowest BCUT2D eigenvalue weighted by atomic mass is 9.89. The Balaban J connectivity index is 2.25. The first-order valence-corrected chi connectivity index (χ1v) is 5.93. The minimum Gasteiger partial charge on any atom is -0.317 e. The second kappa shape index (κ2) is 4.86. The van der Waals surface area contributed by atoms with Crippen molar-refractivity contribution in [3.63, 3.8) is 0 Å². The van der Waals surface area contributed by atoms with Gasteiger partial charge in [-0.2, -0.15) is 13.2 Å². The maximum absolute atomic E-state index is 12.5. The molecule has 1 heterocycles. The average Bonchev–Trinajstić information content (AvgIpc) is 2.29. The number of halogens is 4. The average molecular weight is 264 g/mol. The highest BCUT2D eigenvalue weighted by Gasteiger charge is 2.31. The van der Waals surface area contributed by atoms with Crippen LogP contribution in [0.15, 0.2) is 18.2 Å². The summed E-state index contributed by atoms with van der Waals surface area (Å²) in [7, 11) is 0. The van der Waals surface area contributed by atoms with Crippen LogP contribution in [-0.4, -0.2) is 13.1 Å². The van der Waals surface area contributed by atoms with E-state index in [1.54, 1.807) is 0 Å². The second-order valence-electron chi connectivity index (χ2n) is 4.26. The second-order valence-corrected chi connectivity index (χ2v) is 4.67. The summed E-state index contributed by atoms with van der Waals surface area (Å²) in [4.78, 5) is 0. The number of nitrogens with one attached hydrogen (secondary N) is 1. The van der Waals surface area contributed by atoms with Crippen molar-refractivity contribution >= 4 is 11.6 Å². The van der Waals surface area contributed by atoms with Crippen LogP contribution in [0.2, 0.25) is 5.02 Å². The molecule has 17 heavy (non-hydrogen) atoms. The molecule has 1 aromatic carbocycles. The van der Waals surface area contributed by atoms with Crippen LogP contribution in [0, 0.1) is 0 Å². The van der Waals surface area contributed by atoms with Crippen molar-refractivity contribution in [3.05, 3.63) is 34.3 Å². The minimum atomic E-state index is -4.32. The molecule has 1 aliphatic heterocycles. The number of alkyl halides is 3. The van der Waals surface area contributed by atoms with Gasteiger partial charge in [-0.15, -0.1) is 0 Å². The normalized spacial score (nSPS) is 18.4. The van der Waals surface area contributed by atoms with E-state index in [2.05, 4.69) is 5.32 Å². The van der Waals surface area contributed by atoms with Crippen molar-refractivity contribution < 1.29 is 13.2 Å². The van der Waals surface area contributed by atoms with E-state index in [9.17, 15) is 13.2 Å². The molecule has 5 heteroatoms. The molecule has 0 aliphatic carbocycles. The SMILES string of the molecule is FC(F)(F)c1ccc(C2CCNCC2)c(Cl)c1. The Bertz CT molecular complexity index is 397. The van der Waals surface area contributed by atoms with Gasteiger partial charge in [-0.3, -0.25) is 0 Å². The van der Waals surface area contributed by atoms with Gasteiger partial charge in [0.15, 0.2) is 0 Å². The van der Waals surface area contributed by atoms with E-state index in [0.29, 0.717) is 0 Å². The van der Waals surface area contributed by atoms with Crippen LogP contribution in [0.25, 0.3) is 0 Å². The predicted molar refractivity (Wildman–Crippen MR) is 61.3 cm³/mol. The number of hydrogen-bond acceptors (Lipinski definition) is 1.